The molecule has 0 amide bonds. The average molecular weight is 452 g/mol. The fraction of sp³-hybridized carbons (Fsp3) is 0.0385. The average Bonchev–Trinajstić information content (AvgIpc) is 2.83. The second kappa shape index (κ2) is 8.93. The number of benzene rings is 4. The molecule has 0 atom stereocenters. The summed E-state index contributed by atoms with van der Waals surface area (Å²) in [6.45, 7) is 0. The largest absolute Gasteiger partial charge is 0.416 e. The first-order chi connectivity index (χ1) is 15.4. The van der Waals surface area contributed by atoms with Crippen LogP contribution in [0.3, 0.4) is 0 Å². The number of hydrogen-bond acceptors (Lipinski definition) is 2. The number of carbonyl (C=O) groups is 1. The van der Waals surface area contributed by atoms with Crippen LogP contribution in [0.4, 0.5) is 13.2 Å². The molecule has 0 saturated heterocycles. The van der Waals surface area contributed by atoms with Crippen molar-refractivity contribution in [1.29, 1.82) is 0 Å². The van der Waals surface area contributed by atoms with E-state index >= 15 is 0 Å². The van der Waals surface area contributed by atoms with Crippen LogP contribution < -0.4 is 0 Å². The molecule has 0 heterocycles. The van der Waals surface area contributed by atoms with E-state index in [0.29, 0.717) is 0 Å². The fourth-order valence-corrected chi connectivity index (χ4v) is 6.42. The molecule has 0 N–H and O–H groups in total. The van der Waals surface area contributed by atoms with Crippen LogP contribution in [0.2, 0.25) is 0 Å². The lowest BCUT2D eigenvalue weighted by Crippen LogP contribution is -2.15. The number of halogens is 3. The maximum atomic E-state index is 13.3. The molecule has 0 aliphatic carbocycles. The molecule has 0 aliphatic heterocycles. The third kappa shape index (κ3) is 4.27. The lowest BCUT2D eigenvalue weighted by molar-refractivity contribution is -0.137. The van der Waals surface area contributed by atoms with Gasteiger partial charge in [0.15, 0.2) is 0 Å². The first-order valence-electron chi connectivity index (χ1n) is 9.81. The van der Waals surface area contributed by atoms with Gasteiger partial charge in [0.25, 0.3) is 0 Å². The van der Waals surface area contributed by atoms with Crippen molar-refractivity contribution >= 4 is 16.3 Å². The van der Waals surface area contributed by atoms with Crippen molar-refractivity contribution in [2.24, 2.45) is 0 Å². The second-order valence-electron chi connectivity index (χ2n) is 6.94. The lowest BCUT2D eigenvalue weighted by Gasteiger charge is -2.39. The number of alkyl halides is 3. The van der Waals surface area contributed by atoms with Crippen LogP contribution in [0, 0.1) is 0 Å². The third-order valence-corrected chi connectivity index (χ3v) is 8.06. The number of rotatable bonds is 5. The zero-order chi connectivity index (χ0) is 22.6. The van der Waals surface area contributed by atoms with E-state index in [9.17, 15) is 18.0 Å². The van der Waals surface area contributed by atoms with E-state index in [1.54, 1.807) is 0 Å². The highest BCUT2D eigenvalue weighted by atomic mass is 32.3. The molecule has 0 fully saturated rings. The molecule has 6 heteroatoms. The molecule has 0 bridgehead atoms. The summed E-state index contributed by atoms with van der Waals surface area (Å²) in [6.07, 6.45) is -4.56. The molecule has 0 radical (unpaired) electrons. The van der Waals surface area contributed by atoms with Crippen LogP contribution >= 0.6 is 10.3 Å². The van der Waals surface area contributed by atoms with E-state index in [1.807, 2.05) is 91.0 Å². The first kappa shape index (κ1) is 21.7. The molecule has 32 heavy (non-hydrogen) atoms. The molecule has 0 aromatic heterocycles. The molecule has 0 spiro atoms. The SMILES string of the molecule is O=C(OS(c1ccccc1)(c1ccccc1)c1ccccc1)c1cccc(C(F)(F)F)c1. The number of hydrogen-bond donors (Lipinski definition) is 0. The summed E-state index contributed by atoms with van der Waals surface area (Å²) < 4.78 is 45.9. The Kier molecular flexibility index (Phi) is 6.06. The molecule has 4 aromatic rings. The van der Waals surface area contributed by atoms with E-state index in [4.69, 9.17) is 4.18 Å². The van der Waals surface area contributed by atoms with Crippen LogP contribution in [0.25, 0.3) is 0 Å². The highest BCUT2D eigenvalue weighted by molar-refractivity contribution is 8.30. The van der Waals surface area contributed by atoms with E-state index in [0.717, 1.165) is 26.8 Å². The van der Waals surface area contributed by atoms with Crippen LogP contribution in [0.15, 0.2) is 130 Å². The first-order valence-corrected chi connectivity index (χ1v) is 11.4. The summed E-state index contributed by atoms with van der Waals surface area (Å²) in [5.41, 5.74) is -1.05. The Morgan fingerprint density at radius 3 is 1.47 bits per heavy atom. The predicted molar refractivity (Wildman–Crippen MR) is 119 cm³/mol. The summed E-state index contributed by atoms with van der Waals surface area (Å²) in [5, 5.41) is 0. The summed E-state index contributed by atoms with van der Waals surface area (Å²) in [4.78, 5) is 15.6. The summed E-state index contributed by atoms with van der Waals surface area (Å²) in [6, 6.07) is 32.2. The van der Waals surface area contributed by atoms with Gasteiger partial charge in [-0.05, 0) is 64.9 Å². The maximum absolute atomic E-state index is 13.3. The summed E-state index contributed by atoms with van der Waals surface area (Å²) >= 11 is 0. The Labute approximate surface area is 185 Å². The van der Waals surface area contributed by atoms with Gasteiger partial charge >= 0.3 is 12.1 Å². The van der Waals surface area contributed by atoms with Gasteiger partial charge in [-0.15, -0.1) is 0 Å². The van der Waals surface area contributed by atoms with Gasteiger partial charge in [0.05, 0.1) is 11.1 Å². The van der Waals surface area contributed by atoms with Crippen molar-refractivity contribution in [3.8, 4) is 0 Å². The molecule has 162 valence electrons. The van der Waals surface area contributed by atoms with Crippen LogP contribution in [-0.4, -0.2) is 5.97 Å². The fourth-order valence-electron chi connectivity index (χ4n) is 3.37. The summed E-state index contributed by atoms with van der Waals surface area (Å²) in [7, 11) is -2.56. The van der Waals surface area contributed by atoms with Gasteiger partial charge < -0.3 is 4.18 Å². The van der Waals surface area contributed by atoms with Crippen LogP contribution in [0.5, 0.6) is 0 Å². The lowest BCUT2D eigenvalue weighted by atomic mass is 10.1. The normalized spacial score (nSPS) is 12.2. The zero-order valence-corrected chi connectivity index (χ0v) is 17.6. The molecule has 2 nitrogen and oxygen atoms in total. The minimum absolute atomic E-state index is 0.153. The van der Waals surface area contributed by atoms with Gasteiger partial charge in [0.2, 0.25) is 0 Å². The van der Waals surface area contributed by atoms with Gasteiger partial charge in [-0.2, -0.15) is 13.2 Å². The van der Waals surface area contributed by atoms with E-state index < -0.39 is 28.0 Å². The van der Waals surface area contributed by atoms with E-state index in [1.165, 1.54) is 12.1 Å². The molecule has 4 rings (SSSR count). The predicted octanol–water partition coefficient (Wildman–Crippen LogP) is 7.76. The molecule has 0 saturated carbocycles. The topological polar surface area (TPSA) is 26.3 Å². The minimum Gasteiger partial charge on any atom is -0.398 e. The van der Waals surface area contributed by atoms with E-state index in [2.05, 4.69) is 0 Å². The van der Waals surface area contributed by atoms with Gasteiger partial charge in [-0.1, -0.05) is 60.7 Å². The van der Waals surface area contributed by atoms with Gasteiger partial charge in [-0.25, -0.2) is 4.79 Å². The molecular formula is C26H19F3O2S. The highest BCUT2D eigenvalue weighted by Gasteiger charge is 2.37. The molecule has 0 unspecified atom stereocenters. The van der Waals surface area contributed by atoms with Gasteiger partial charge in [0, 0.05) is 14.7 Å². The van der Waals surface area contributed by atoms with Gasteiger partial charge in [-0.3, -0.25) is 0 Å². The monoisotopic (exact) mass is 452 g/mol. The molecule has 0 aliphatic rings. The Morgan fingerprint density at radius 1 is 0.625 bits per heavy atom. The quantitative estimate of drug-likeness (QED) is 0.309. The Balaban J connectivity index is 1.90. The molecular weight excluding hydrogens is 433 g/mol. The van der Waals surface area contributed by atoms with Crippen molar-refractivity contribution in [2.45, 2.75) is 20.9 Å². The number of carbonyl (C=O) groups excluding carboxylic acids is 1. The van der Waals surface area contributed by atoms with Crippen LogP contribution in [-0.2, 0) is 10.4 Å². The second-order valence-corrected chi connectivity index (χ2v) is 9.64. The zero-order valence-electron chi connectivity index (χ0n) is 16.8. The Bertz CT molecular complexity index is 1100. The maximum Gasteiger partial charge on any atom is 0.416 e. The van der Waals surface area contributed by atoms with Crippen molar-refractivity contribution in [2.75, 3.05) is 0 Å². The van der Waals surface area contributed by atoms with Crippen LogP contribution in [0.1, 0.15) is 15.9 Å². The molecule has 4 aromatic carbocycles. The van der Waals surface area contributed by atoms with Crippen molar-refractivity contribution in [3.05, 3.63) is 126 Å². The minimum atomic E-state index is -4.56. The summed E-state index contributed by atoms with van der Waals surface area (Å²) in [5.74, 6) is -0.817. The van der Waals surface area contributed by atoms with E-state index in [-0.39, 0.29) is 5.56 Å². The third-order valence-electron chi connectivity index (χ3n) is 4.85. The smallest absolute Gasteiger partial charge is 0.398 e. The van der Waals surface area contributed by atoms with Gasteiger partial charge in [0.1, 0.15) is 0 Å². The standard InChI is InChI=1S/C26H19F3O2S/c27-26(28,29)21-12-10-11-20(19-21)25(30)31-32(22-13-4-1-5-14-22,23-15-6-2-7-16-23)24-17-8-3-9-18-24/h1-19H. The van der Waals surface area contributed by atoms with Crippen molar-refractivity contribution in [1.82, 2.24) is 0 Å². The van der Waals surface area contributed by atoms with Crippen molar-refractivity contribution in [3.63, 3.8) is 0 Å². The highest BCUT2D eigenvalue weighted by Crippen LogP contribution is 2.69. The Morgan fingerprint density at radius 2 is 1.06 bits per heavy atom. The Hall–Kier alpha value is -3.51. The van der Waals surface area contributed by atoms with Crippen molar-refractivity contribution < 1.29 is 22.1 Å².